The predicted molar refractivity (Wildman–Crippen MR) is 102 cm³/mol. The van der Waals surface area contributed by atoms with Gasteiger partial charge in [-0.25, -0.2) is 19.3 Å². The van der Waals surface area contributed by atoms with E-state index in [0.717, 1.165) is 11.1 Å². The Morgan fingerprint density at radius 3 is 2.67 bits per heavy atom. The highest BCUT2D eigenvalue weighted by molar-refractivity contribution is 6.35. The third kappa shape index (κ3) is 3.40. The maximum atomic E-state index is 14.0. The molecule has 0 bridgehead atoms. The average Bonchev–Trinajstić information content (AvgIpc) is 2.68. The number of fused-ring (bicyclic) bond motifs is 1. The number of rotatable bonds is 3. The lowest BCUT2D eigenvalue weighted by molar-refractivity contribution is 0.122. The molecule has 1 saturated heterocycles. The van der Waals surface area contributed by atoms with Gasteiger partial charge in [0.1, 0.15) is 5.82 Å². The number of anilines is 1. The summed E-state index contributed by atoms with van der Waals surface area (Å²) >= 11 is 6.30. The molecule has 4 rings (SSSR count). The van der Waals surface area contributed by atoms with Crippen molar-refractivity contribution in [2.24, 2.45) is 0 Å². The van der Waals surface area contributed by atoms with Gasteiger partial charge in [-0.1, -0.05) is 11.6 Å². The molecule has 0 N–H and O–H groups in total. The number of ether oxygens (including phenoxy) is 2. The Labute approximate surface area is 160 Å². The molecule has 0 saturated carbocycles. The van der Waals surface area contributed by atoms with Gasteiger partial charge in [0.2, 0.25) is 11.8 Å². The molecule has 1 aliphatic rings. The lowest BCUT2D eigenvalue weighted by atomic mass is 10.1. The van der Waals surface area contributed by atoms with Crippen molar-refractivity contribution >= 4 is 28.5 Å². The third-order valence-corrected chi connectivity index (χ3v) is 4.79. The Balaban J connectivity index is 1.95. The van der Waals surface area contributed by atoms with Crippen LogP contribution >= 0.6 is 11.6 Å². The maximum absolute atomic E-state index is 14.0. The number of halogens is 2. The predicted octanol–water partition coefficient (Wildman–Crippen LogP) is 3.64. The summed E-state index contributed by atoms with van der Waals surface area (Å²) in [5.41, 5.74) is 2.70. The van der Waals surface area contributed by atoms with Gasteiger partial charge >= 0.3 is 0 Å². The Morgan fingerprint density at radius 1 is 1.19 bits per heavy atom. The monoisotopic (exact) mass is 388 g/mol. The van der Waals surface area contributed by atoms with Crippen molar-refractivity contribution in [3.8, 4) is 17.1 Å². The summed E-state index contributed by atoms with van der Waals surface area (Å²) in [5, 5.41) is 0.796. The first-order valence-electron chi connectivity index (χ1n) is 8.57. The van der Waals surface area contributed by atoms with E-state index in [2.05, 4.69) is 9.97 Å². The van der Waals surface area contributed by atoms with E-state index in [4.69, 9.17) is 26.1 Å². The SMILES string of the molecule is COc1ncc(-c2nc(N3CCOCC3)nc3c(Cl)cc(F)cc23)cc1C. The standard InChI is InChI=1S/C19H18ClFN4O2/c1-11-7-12(10-22-18(11)26-2)16-14-8-13(21)9-15(20)17(14)24-19(23-16)25-3-5-27-6-4-25/h7-10H,3-6H2,1-2H3. The second-order valence-corrected chi connectivity index (χ2v) is 6.71. The van der Waals surface area contributed by atoms with Crippen molar-refractivity contribution in [1.82, 2.24) is 15.0 Å². The number of benzene rings is 1. The lowest BCUT2D eigenvalue weighted by Gasteiger charge is -2.27. The number of pyridine rings is 1. The molecule has 1 aromatic carbocycles. The Kier molecular flexibility index (Phi) is 4.80. The van der Waals surface area contributed by atoms with Crippen molar-refractivity contribution in [3.05, 3.63) is 40.8 Å². The summed E-state index contributed by atoms with van der Waals surface area (Å²) in [6, 6.07) is 4.58. The summed E-state index contributed by atoms with van der Waals surface area (Å²) in [6.07, 6.45) is 1.66. The topological polar surface area (TPSA) is 60.4 Å². The van der Waals surface area contributed by atoms with Crippen LogP contribution in [0.15, 0.2) is 24.4 Å². The van der Waals surface area contributed by atoms with Crippen LogP contribution in [0.4, 0.5) is 10.3 Å². The summed E-state index contributed by atoms with van der Waals surface area (Å²) < 4.78 is 24.7. The normalized spacial score (nSPS) is 14.6. The van der Waals surface area contributed by atoms with E-state index in [-0.39, 0.29) is 5.02 Å². The number of nitrogens with zero attached hydrogens (tertiary/aromatic N) is 4. The van der Waals surface area contributed by atoms with E-state index in [9.17, 15) is 4.39 Å². The first kappa shape index (κ1) is 17.9. The van der Waals surface area contributed by atoms with Gasteiger partial charge in [0.15, 0.2) is 0 Å². The van der Waals surface area contributed by atoms with E-state index in [1.807, 2.05) is 17.9 Å². The lowest BCUT2D eigenvalue weighted by Crippen LogP contribution is -2.37. The van der Waals surface area contributed by atoms with E-state index in [1.54, 1.807) is 13.3 Å². The van der Waals surface area contributed by atoms with Crippen molar-refractivity contribution < 1.29 is 13.9 Å². The molecule has 0 radical (unpaired) electrons. The van der Waals surface area contributed by atoms with Gasteiger partial charge in [-0.15, -0.1) is 0 Å². The van der Waals surface area contributed by atoms with E-state index in [1.165, 1.54) is 12.1 Å². The van der Waals surface area contributed by atoms with E-state index < -0.39 is 5.82 Å². The largest absolute Gasteiger partial charge is 0.481 e. The molecule has 8 heteroatoms. The second-order valence-electron chi connectivity index (χ2n) is 6.31. The third-order valence-electron chi connectivity index (χ3n) is 4.50. The molecule has 1 aliphatic heterocycles. The van der Waals surface area contributed by atoms with Crippen LogP contribution in [-0.2, 0) is 4.74 Å². The molecule has 3 aromatic rings. The maximum Gasteiger partial charge on any atom is 0.226 e. The zero-order valence-electron chi connectivity index (χ0n) is 15.0. The zero-order chi connectivity index (χ0) is 19.0. The molecule has 0 spiro atoms. The van der Waals surface area contributed by atoms with Gasteiger partial charge in [-0.3, -0.25) is 0 Å². The van der Waals surface area contributed by atoms with Crippen molar-refractivity contribution in [2.45, 2.75) is 6.92 Å². The summed E-state index contributed by atoms with van der Waals surface area (Å²) in [7, 11) is 1.57. The Morgan fingerprint density at radius 2 is 1.96 bits per heavy atom. The van der Waals surface area contributed by atoms with Crippen molar-refractivity contribution in [1.29, 1.82) is 0 Å². The molecule has 3 heterocycles. The van der Waals surface area contributed by atoms with Crippen LogP contribution < -0.4 is 9.64 Å². The van der Waals surface area contributed by atoms with Crippen molar-refractivity contribution in [3.63, 3.8) is 0 Å². The summed E-state index contributed by atoms with van der Waals surface area (Å²) in [4.78, 5) is 15.7. The first-order chi connectivity index (χ1) is 13.1. The Hall–Kier alpha value is -2.51. The van der Waals surface area contributed by atoms with Crippen LogP contribution in [-0.4, -0.2) is 48.4 Å². The van der Waals surface area contributed by atoms with Gasteiger partial charge in [0, 0.05) is 35.8 Å². The number of hydrogen-bond acceptors (Lipinski definition) is 6. The molecule has 140 valence electrons. The average molecular weight is 389 g/mol. The fourth-order valence-electron chi connectivity index (χ4n) is 3.18. The minimum Gasteiger partial charge on any atom is -0.481 e. The number of hydrogen-bond donors (Lipinski definition) is 0. The number of morpholine rings is 1. The summed E-state index contributed by atoms with van der Waals surface area (Å²) in [5.74, 6) is 0.646. The zero-order valence-corrected chi connectivity index (χ0v) is 15.8. The summed E-state index contributed by atoms with van der Waals surface area (Å²) in [6.45, 7) is 4.48. The van der Waals surface area contributed by atoms with Crippen LogP contribution in [0.5, 0.6) is 5.88 Å². The smallest absolute Gasteiger partial charge is 0.226 e. The molecular weight excluding hydrogens is 371 g/mol. The highest BCUT2D eigenvalue weighted by Gasteiger charge is 2.20. The molecule has 2 aromatic heterocycles. The minimum atomic E-state index is -0.435. The van der Waals surface area contributed by atoms with Crippen LogP contribution in [0.1, 0.15) is 5.56 Å². The van der Waals surface area contributed by atoms with E-state index >= 15 is 0 Å². The van der Waals surface area contributed by atoms with Gasteiger partial charge < -0.3 is 14.4 Å². The van der Waals surface area contributed by atoms with Gasteiger partial charge in [0.05, 0.1) is 36.6 Å². The second kappa shape index (κ2) is 7.25. The Bertz CT molecular complexity index is 1010. The molecule has 6 nitrogen and oxygen atoms in total. The van der Waals surface area contributed by atoms with Gasteiger partial charge in [-0.05, 0) is 25.1 Å². The molecule has 0 unspecified atom stereocenters. The molecular formula is C19H18ClFN4O2. The van der Waals surface area contributed by atoms with Gasteiger partial charge in [-0.2, -0.15) is 0 Å². The number of aromatic nitrogens is 3. The molecule has 1 fully saturated rings. The quantitative estimate of drug-likeness (QED) is 0.682. The first-order valence-corrected chi connectivity index (χ1v) is 8.95. The molecule has 0 aliphatic carbocycles. The number of aryl methyl sites for hydroxylation is 1. The molecule has 0 amide bonds. The fourth-order valence-corrected chi connectivity index (χ4v) is 3.42. The number of methoxy groups -OCH3 is 1. The van der Waals surface area contributed by atoms with Crippen LogP contribution in [0.25, 0.3) is 22.2 Å². The molecule has 27 heavy (non-hydrogen) atoms. The van der Waals surface area contributed by atoms with Crippen LogP contribution in [0.3, 0.4) is 0 Å². The van der Waals surface area contributed by atoms with Crippen LogP contribution in [0.2, 0.25) is 5.02 Å². The van der Waals surface area contributed by atoms with Crippen LogP contribution in [0, 0.1) is 12.7 Å². The minimum absolute atomic E-state index is 0.251. The highest BCUT2D eigenvalue weighted by atomic mass is 35.5. The van der Waals surface area contributed by atoms with E-state index in [0.29, 0.717) is 54.7 Å². The fraction of sp³-hybridized carbons (Fsp3) is 0.316. The van der Waals surface area contributed by atoms with Crippen molar-refractivity contribution in [2.75, 3.05) is 38.3 Å². The highest BCUT2D eigenvalue weighted by Crippen LogP contribution is 2.34. The molecule has 0 atom stereocenters. The van der Waals surface area contributed by atoms with Gasteiger partial charge in [0.25, 0.3) is 0 Å².